The summed E-state index contributed by atoms with van der Waals surface area (Å²) in [6.45, 7) is 1.98. The number of rotatable bonds is 3. The molecule has 25 heavy (non-hydrogen) atoms. The van der Waals surface area contributed by atoms with Crippen LogP contribution in [0.2, 0.25) is 0 Å². The number of nitrogens with zero attached hydrogens (tertiary/aromatic N) is 2. The summed E-state index contributed by atoms with van der Waals surface area (Å²) < 4.78 is 13.6. The fourth-order valence-corrected chi connectivity index (χ4v) is 4.16. The van der Waals surface area contributed by atoms with Crippen molar-refractivity contribution >= 4 is 22.5 Å². The molecule has 0 fully saturated rings. The molecular weight excluding hydrogens is 334 g/mol. The minimum Gasteiger partial charge on any atom is -0.306 e. The van der Waals surface area contributed by atoms with Gasteiger partial charge in [-0.3, -0.25) is 9.00 Å². The van der Waals surface area contributed by atoms with E-state index in [-0.39, 0.29) is 5.91 Å². The van der Waals surface area contributed by atoms with Gasteiger partial charge in [0.2, 0.25) is 0 Å². The Hall–Kier alpha value is -2.73. The number of aromatic nitrogens is 2. The minimum absolute atomic E-state index is 0.197. The number of carbonyl (C=O) groups is 1. The largest absolute Gasteiger partial charge is 0.306 e. The molecule has 1 aliphatic rings. The smallest absolute Gasteiger partial charge is 0.256 e. The van der Waals surface area contributed by atoms with Crippen LogP contribution in [0.1, 0.15) is 27.2 Å². The summed E-state index contributed by atoms with van der Waals surface area (Å²) in [5.41, 5.74) is 4.20. The summed E-state index contributed by atoms with van der Waals surface area (Å²) in [6.07, 6.45) is 0. The van der Waals surface area contributed by atoms with Crippen LogP contribution in [-0.2, 0) is 22.3 Å². The lowest BCUT2D eigenvalue weighted by Gasteiger charge is -2.11. The maximum Gasteiger partial charge on any atom is 0.256 e. The molecule has 1 aliphatic heterocycles. The van der Waals surface area contributed by atoms with Gasteiger partial charge in [-0.25, -0.2) is 4.68 Å². The van der Waals surface area contributed by atoms with E-state index in [1.54, 1.807) is 16.8 Å². The summed E-state index contributed by atoms with van der Waals surface area (Å²) >= 11 is 0. The lowest BCUT2D eigenvalue weighted by atomic mass is 10.1. The van der Waals surface area contributed by atoms with E-state index < -0.39 is 10.8 Å². The maximum absolute atomic E-state index is 12.7. The third kappa shape index (κ3) is 3.00. The highest BCUT2D eigenvalue weighted by Crippen LogP contribution is 2.31. The fourth-order valence-electron chi connectivity index (χ4n) is 2.90. The zero-order valence-electron chi connectivity index (χ0n) is 13.7. The van der Waals surface area contributed by atoms with Crippen LogP contribution in [0.15, 0.2) is 54.6 Å². The molecule has 1 aromatic heterocycles. The van der Waals surface area contributed by atoms with Gasteiger partial charge in [0.05, 0.1) is 22.9 Å². The number of hydrogen-bond donors (Lipinski definition) is 1. The average Bonchev–Trinajstić information content (AvgIpc) is 3.13. The van der Waals surface area contributed by atoms with Crippen molar-refractivity contribution in [1.29, 1.82) is 0 Å². The zero-order valence-corrected chi connectivity index (χ0v) is 14.5. The topological polar surface area (TPSA) is 64.0 Å². The fraction of sp³-hybridized carbons (Fsp3) is 0.158. The number of benzene rings is 2. The molecule has 5 nitrogen and oxygen atoms in total. The monoisotopic (exact) mass is 351 g/mol. The molecule has 0 spiro atoms. The molecule has 4 rings (SSSR count). The first-order valence-corrected chi connectivity index (χ1v) is 9.50. The zero-order chi connectivity index (χ0) is 17.4. The van der Waals surface area contributed by atoms with Crippen LogP contribution in [0.3, 0.4) is 0 Å². The second-order valence-electron chi connectivity index (χ2n) is 6.07. The highest BCUT2D eigenvalue weighted by molar-refractivity contribution is 7.83. The van der Waals surface area contributed by atoms with Gasteiger partial charge in [-0.2, -0.15) is 5.10 Å². The third-order valence-electron chi connectivity index (χ3n) is 4.22. The van der Waals surface area contributed by atoms with Crippen molar-refractivity contribution in [2.24, 2.45) is 0 Å². The Morgan fingerprint density at radius 2 is 1.80 bits per heavy atom. The van der Waals surface area contributed by atoms with Crippen molar-refractivity contribution in [3.05, 3.63) is 77.0 Å². The van der Waals surface area contributed by atoms with Gasteiger partial charge < -0.3 is 5.32 Å². The third-order valence-corrected chi connectivity index (χ3v) is 5.42. The molecule has 2 heterocycles. The van der Waals surface area contributed by atoms with Crippen LogP contribution in [0.4, 0.5) is 5.82 Å². The number of anilines is 1. The summed E-state index contributed by atoms with van der Waals surface area (Å²) in [6, 6.07) is 17.0. The Morgan fingerprint density at radius 1 is 1.08 bits per heavy atom. The molecule has 0 radical (unpaired) electrons. The number of carbonyl (C=O) groups excluding carboxylic acids is 1. The molecule has 0 unspecified atom stereocenters. The predicted octanol–water partition coefficient (Wildman–Crippen LogP) is 3.20. The number of amides is 1. The molecule has 0 saturated heterocycles. The van der Waals surface area contributed by atoms with Crippen LogP contribution in [0.5, 0.6) is 0 Å². The molecular formula is C19H17N3O2S. The molecule has 126 valence electrons. The van der Waals surface area contributed by atoms with Crippen molar-refractivity contribution in [2.75, 3.05) is 5.32 Å². The van der Waals surface area contributed by atoms with Gasteiger partial charge in [-0.05, 0) is 31.2 Å². The van der Waals surface area contributed by atoms with Crippen molar-refractivity contribution in [3.63, 3.8) is 0 Å². The lowest BCUT2D eigenvalue weighted by molar-refractivity contribution is 0.102. The van der Waals surface area contributed by atoms with E-state index in [4.69, 9.17) is 0 Å². The molecule has 1 N–H and O–H groups in total. The van der Waals surface area contributed by atoms with E-state index in [9.17, 15) is 9.00 Å². The second kappa shape index (κ2) is 6.29. The van der Waals surface area contributed by atoms with Crippen molar-refractivity contribution in [1.82, 2.24) is 9.78 Å². The quantitative estimate of drug-likeness (QED) is 0.788. The molecule has 0 aliphatic carbocycles. The number of nitrogens with one attached hydrogen (secondary N) is 1. The van der Waals surface area contributed by atoms with Gasteiger partial charge in [0, 0.05) is 21.9 Å². The van der Waals surface area contributed by atoms with Gasteiger partial charge in [-0.1, -0.05) is 35.9 Å². The van der Waals surface area contributed by atoms with Crippen LogP contribution < -0.4 is 5.32 Å². The van der Waals surface area contributed by atoms with Crippen molar-refractivity contribution in [2.45, 2.75) is 18.4 Å². The SMILES string of the molecule is Cc1ccc(C(=O)Nc2c3c(nn2-c2ccccc2)C[S@](=O)C3)cc1. The van der Waals surface area contributed by atoms with Crippen LogP contribution in [0, 0.1) is 6.92 Å². The molecule has 3 aromatic rings. The summed E-state index contributed by atoms with van der Waals surface area (Å²) in [5.74, 6) is 1.27. The first-order valence-electron chi connectivity index (χ1n) is 8.01. The van der Waals surface area contributed by atoms with E-state index in [1.807, 2.05) is 49.4 Å². The highest BCUT2D eigenvalue weighted by Gasteiger charge is 2.28. The van der Waals surface area contributed by atoms with E-state index >= 15 is 0 Å². The summed E-state index contributed by atoms with van der Waals surface area (Å²) in [7, 11) is -0.953. The Balaban J connectivity index is 1.74. The number of hydrogen-bond acceptors (Lipinski definition) is 3. The van der Waals surface area contributed by atoms with E-state index in [1.165, 1.54) is 0 Å². The molecule has 0 bridgehead atoms. The average molecular weight is 351 g/mol. The number of aryl methyl sites for hydroxylation is 1. The predicted molar refractivity (Wildman–Crippen MR) is 98.2 cm³/mol. The molecule has 6 heteroatoms. The minimum atomic E-state index is -0.953. The number of fused-ring (bicyclic) bond motifs is 1. The van der Waals surface area contributed by atoms with Crippen molar-refractivity contribution < 1.29 is 9.00 Å². The van der Waals surface area contributed by atoms with Crippen LogP contribution in [-0.4, -0.2) is 19.9 Å². The van der Waals surface area contributed by atoms with E-state index in [2.05, 4.69) is 10.4 Å². The van der Waals surface area contributed by atoms with Crippen molar-refractivity contribution in [3.8, 4) is 5.69 Å². The first kappa shape index (κ1) is 15.8. The summed E-state index contributed by atoms with van der Waals surface area (Å²) in [4.78, 5) is 12.7. The standard InChI is InChI=1S/C19H17N3O2S/c1-13-7-9-14(10-8-13)19(23)20-18-16-11-25(24)12-17(16)21-22(18)15-5-3-2-4-6-15/h2-10H,11-12H2,1H3,(H,20,23)/t25-/m1/s1. The molecule has 1 atom stereocenters. The van der Waals surface area contributed by atoms with E-state index in [0.29, 0.717) is 22.9 Å². The lowest BCUT2D eigenvalue weighted by Crippen LogP contribution is -2.16. The number of para-hydroxylation sites is 1. The van der Waals surface area contributed by atoms with Gasteiger partial charge in [-0.15, -0.1) is 0 Å². The molecule has 0 saturated carbocycles. The Morgan fingerprint density at radius 3 is 2.52 bits per heavy atom. The normalized spacial score (nSPS) is 15.8. The summed E-state index contributed by atoms with van der Waals surface area (Å²) in [5, 5.41) is 7.55. The Bertz CT molecular complexity index is 962. The van der Waals surface area contributed by atoms with Gasteiger partial charge in [0.25, 0.3) is 5.91 Å². The molecule has 2 aromatic carbocycles. The van der Waals surface area contributed by atoms with Crippen LogP contribution >= 0.6 is 0 Å². The van der Waals surface area contributed by atoms with E-state index in [0.717, 1.165) is 22.5 Å². The van der Waals surface area contributed by atoms with Gasteiger partial charge in [0.1, 0.15) is 5.82 Å². The first-order chi connectivity index (χ1) is 12.1. The van der Waals surface area contributed by atoms with Crippen LogP contribution in [0.25, 0.3) is 5.69 Å². The van der Waals surface area contributed by atoms with Gasteiger partial charge >= 0.3 is 0 Å². The molecule has 1 amide bonds. The second-order valence-corrected chi connectivity index (χ2v) is 7.53. The highest BCUT2D eigenvalue weighted by atomic mass is 32.2. The van der Waals surface area contributed by atoms with Gasteiger partial charge in [0.15, 0.2) is 0 Å². The Labute approximate surface area is 148 Å². The Kier molecular flexibility index (Phi) is 3.97. The maximum atomic E-state index is 12.7.